The lowest BCUT2D eigenvalue weighted by atomic mass is 9.94. The summed E-state index contributed by atoms with van der Waals surface area (Å²) in [5.74, 6) is 3.92. The number of fused-ring (bicyclic) bond motifs is 1. The maximum absolute atomic E-state index is 14.3. The zero-order valence-electron chi connectivity index (χ0n) is 25.3. The number of para-hydroxylation sites is 1. The van der Waals surface area contributed by atoms with Crippen LogP contribution in [0.15, 0.2) is 80.1 Å². The zero-order valence-corrected chi connectivity index (χ0v) is 27.7. The van der Waals surface area contributed by atoms with Crippen molar-refractivity contribution in [2.75, 3.05) is 33.3 Å². The summed E-state index contributed by atoms with van der Waals surface area (Å²) >= 11 is 4.71. The molecule has 11 heteroatoms. The van der Waals surface area contributed by atoms with E-state index in [2.05, 4.69) is 27.2 Å². The molecule has 9 nitrogen and oxygen atoms in total. The molecule has 4 aromatic rings. The Morgan fingerprint density at radius 3 is 2.49 bits per heavy atom. The molecule has 0 saturated heterocycles. The number of hydrogen-bond acceptors (Lipinski definition) is 8. The van der Waals surface area contributed by atoms with E-state index in [1.807, 2.05) is 43.3 Å². The second-order valence-corrected chi connectivity index (χ2v) is 11.9. The summed E-state index contributed by atoms with van der Waals surface area (Å²) < 4.78 is 25.0. The SMILES string of the molecule is C#CCOc1c(/C=c2\sc3n(c2=O)[C@@H](c2ccc(OC)c(OC)c2)C(C(=O)Nc2ccccc2C)=C(C)N=3)cc(Br)cc1OC. The quantitative estimate of drug-likeness (QED) is 0.249. The summed E-state index contributed by atoms with van der Waals surface area (Å²) in [5.41, 5.74) is 3.26. The Morgan fingerprint density at radius 1 is 1.07 bits per heavy atom. The van der Waals surface area contributed by atoms with Crippen molar-refractivity contribution in [1.82, 2.24) is 4.57 Å². The van der Waals surface area contributed by atoms with E-state index in [4.69, 9.17) is 30.4 Å². The number of hydrogen-bond donors (Lipinski definition) is 1. The number of methoxy groups -OCH3 is 3. The minimum atomic E-state index is -0.818. The van der Waals surface area contributed by atoms with Crippen LogP contribution in [0.25, 0.3) is 6.08 Å². The van der Waals surface area contributed by atoms with Gasteiger partial charge in [0, 0.05) is 15.7 Å². The third-order valence-electron chi connectivity index (χ3n) is 7.24. The van der Waals surface area contributed by atoms with Gasteiger partial charge in [0.15, 0.2) is 27.8 Å². The minimum absolute atomic E-state index is 0.0118. The van der Waals surface area contributed by atoms with Crippen molar-refractivity contribution in [3.8, 4) is 35.3 Å². The molecule has 0 spiro atoms. The summed E-state index contributed by atoms with van der Waals surface area (Å²) in [4.78, 5) is 33.5. The number of nitrogens with one attached hydrogen (secondary N) is 1. The molecule has 3 aromatic carbocycles. The van der Waals surface area contributed by atoms with Crippen LogP contribution in [-0.4, -0.2) is 38.4 Å². The number of terminal acetylenes is 1. The van der Waals surface area contributed by atoms with Crippen LogP contribution in [0.5, 0.6) is 23.0 Å². The van der Waals surface area contributed by atoms with Crippen molar-refractivity contribution < 1.29 is 23.7 Å². The highest BCUT2D eigenvalue weighted by Gasteiger charge is 2.33. The minimum Gasteiger partial charge on any atom is -0.493 e. The lowest BCUT2D eigenvalue weighted by Gasteiger charge is -2.26. The summed E-state index contributed by atoms with van der Waals surface area (Å²) in [6.45, 7) is 3.69. The maximum atomic E-state index is 14.3. The van der Waals surface area contributed by atoms with E-state index < -0.39 is 6.04 Å². The number of carbonyl (C=O) groups is 1. The van der Waals surface area contributed by atoms with E-state index in [-0.39, 0.29) is 18.1 Å². The largest absolute Gasteiger partial charge is 0.493 e. The van der Waals surface area contributed by atoms with Crippen molar-refractivity contribution >= 4 is 44.9 Å². The topological polar surface area (TPSA) is 100 Å². The second-order valence-electron chi connectivity index (χ2n) is 9.98. The molecular formula is C34H30BrN3O6S. The molecule has 230 valence electrons. The Hall–Kier alpha value is -4.79. The van der Waals surface area contributed by atoms with Gasteiger partial charge in [-0.25, -0.2) is 4.99 Å². The van der Waals surface area contributed by atoms with Crippen LogP contribution in [0.1, 0.15) is 29.7 Å². The predicted octanol–water partition coefficient (Wildman–Crippen LogP) is 4.98. The molecule has 1 N–H and O–H groups in total. The fraction of sp³-hybridized carbons (Fsp3) is 0.206. The Morgan fingerprint density at radius 2 is 1.80 bits per heavy atom. The van der Waals surface area contributed by atoms with Crippen molar-refractivity contribution in [1.29, 1.82) is 0 Å². The Labute approximate surface area is 272 Å². The fourth-order valence-electron chi connectivity index (χ4n) is 5.11. The number of anilines is 1. The molecule has 1 atom stereocenters. The molecule has 0 bridgehead atoms. The maximum Gasteiger partial charge on any atom is 0.271 e. The number of allylic oxidation sites excluding steroid dienone is 1. The number of aromatic nitrogens is 1. The predicted molar refractivity (Wildman–Crippen MR) is 178 cm³/mol. The Balaban J connectivity index is 1.73. The molecule has 0 unspecified atom stereocenters. The van der Waals surface area contributed by atoms with Gasteiger partial charge in [-0.3, -0.25) is 14.2 Å². The van der Waals surface area contributed by atoms with Crippen LogP contribution in [0.2, 0.25) is 0 Å². The van der Waals surface area contributed by atoms with Crippen LogP contribution in [0, 0.1) is 19.3 Å². The van der Waals surface area contributed by atoms with E-state index >= 15 is 0 Å². The number of nitrogens with zero attached hydrogens (tertiary/aromatic N) is 2. The number of aryl methyl sites for hydroxylation is 1. The van der Waals surface area contributed by atoms with E-state index in [0.29, 0.717) is 60.4 Å². The number of rotatable bonds is 9. The van der Waals surface area contributed by atoms with Gasteiger partial charge in [-0.2, -0.15) is 0 Å². The molecule has 1 aliphatic heterocycles. The third kappa shape index (κ3) is 6.25. The standard InChI is InChI=1S/C34H30BrN3O6S/c1-7-14-44-31-22(15-23(35)18-27(31)43-6)17-28-33(40)38-30(21-12-13-25(41-4)26(16-21)42-5)29(20(3)36-34(38)45-28)32(39)37-24-11-9-8-10-19(24)2/h1,8-13,15-18,30H,14H2,2-6H3,(H,37,39)/b28-17-/t30-/m0/s1. The van der Waals surface area contributed by atoms with E-state index in [1.54, 1.807) is 38.3 Å². The van der Waals surface area contributed by atoms with E-state index in [9.17, 15) is 9.59 Å². The van der Waals surface area contributed by atoms with Gasteiger partial charge < -0.3 is 24.3 Å². The molecule has 0 radical (unpaired) electrons. The molecule has 0 aliphatic carbocycles. The van der Waals surface area contributed by atoms with Crippen LogP contribution < -0.4 is 39.2 Å². The molecule has 2 heterocycles. The summed E-state index contributed by atoms with van der Waals surface area (Å²) in [7, 11) is 4.61. The van der Waals surface area contributed by atoms with Gasteiger partial charge in [-0.15, -0.1) is 6.42 Å². The van der Waals surface area contributed by atoms with Gasteiger partial charge >= 0.3 is 0 Å². The van der Waals surface area contributed by atoms with Crippen LogP contribution in [-0.2, 0) is 4.79 Å². The number of amides is 1. The van der Waals surface area contributed by atoms with Crippen LogP contribution in [0.4, 0.5) is 5.69 Å². The average molecular weight is 689 g/mol. The number of halogens is 1. The first-order valence-corrected chi connectivity index (χ1v) is 15.4. The molecule has 45 heavy (non-hydrogen) atoms. The number of ether oxygens (including phenoxy) is 4. The smallest absolute Gasteiger partial charge is 0.271 e. The molecule has 1 amide bonds. The Bertz CT molecular complexity index is 2060. The average Bonchev–Trinajstić information content (AvgIpc) is 3.33. The third-order valence-corrected chi connectivity index (χ3v) is 8.68. The van der Waals surface area contributed by atoms with Crippen molar-refractivity contribution in [3.63, 3.8) is 0 Å². The van der Waals surface area contributed by atoms with Gasteiger partial charge in [0.25, 0.3) is 11.5 Å². The van der Waals surface area contributed by atoms with Crippen molar-refractivity contribution in [3.05, 3.63) is 107 Å². The first-order chi connectivity index (χ1) is 21.7. The molecule has 0 fully saturated rings. The van der Waals surface area contributed by atoms with Crippen molar-refractivity contribution in [2.24, 2.45) is 4.99 Å². The van der Waals surface area contributed by atoms with E-state index in [1.165, 1.54) is 30.1 Å². The lowest BCUT2D eigenvalue weighted by molar-refractivity contribution is -0.113. The summed E-state index contributed by atoms with van der Waals surface area (Å²) in [6.07, 6.45) is 7.16. The highest BCUT2D eigenvalue weighted by atomic mass is 79.9. The zero-order chi connectivity index (χ0) is 32.2. The summed E-state index contributed by atoms with van der Waals surface area (Å²) in [5, 5.41) is 3.02. The lowest BCUT2D eigenvalue weighted by Crippen LogP contribution is -2.40. The monoisotopic (exact) mass is 687 g/mol. The molecule has 1 aliphatic rings. The van der Waals surface area contributed by atoms with Gasteiger partial charge in [0.05, 0.1) is 43.2 Å². The van der Waals surface area contributed by atoms with Gasteiger partial charge in [-0.1, -0.05) is 57.5 Å². The van der Waals surface area contributed by atoms with E-state index in [0.717, 1.165) is 10.0 Å². The fourth-order valence-corrected chi connectivity index (χ4v) is 6.60. The number of thiazole rings is 1. The van der Waals surface area contributed by atoms with Gasteiger partial charge in [-0.05, 0) is 61.4 Å². The molecule has 1 aromatic heterocycles. The van der Waals surface area contributed by atoms with Gasteiger partial charge in [0.2, 0.25) is 0 Å². The second kappa shape index (κ2) is 13.5. The highest BCUT2D eigenvalue weighted by molar-refractivity contribution is 9.10. The first-order valence-electron chi connectivity index (χ1n) is 13.8. The molecular weight excluding hydrogens is 658 g/mol. The Kier molecular flexibility index (Phi) is 9.46. The van der Waals surface area contributed by atoms with Gasteiger partial charge in [0.1, 0.15) is 6.61 Å². The number of carbonyl (C=O) groups excluding carboxylic acids is 1. The molecule has 5 rings (SSSR count). The number of benzene rings is 3. The first kappa shape index (κ1) is 31.6. The van der Waals surface area contributed by atoms with Crippen LogP contribution in [0.3, 0.4) is 0 Å². The normalized spacial score (nSPS) is 14.2. The highest BCUT2D eigenvalue weighted by Crippen LogP contribution is 2.37. The van der Waals surface area contributed by atoms with Crippen molar-refractivity contribution in [2.45, 2.75) is 19.9 Å². The summed E-state index contributed by atoms with van der Waals surface area (Å²) in [6, 6.07) is 15.6. The molecule has 0 saturated carbocycles. The van der Waals surface area contributed by atoms with Crippen LogP contribution >= 0.6 is 27.3 Å².